The summed E-state index contributed by atoms with van der Waals surface area (Å²) in [6.45, 7) is 4.01. The Balaban J connectivity index is 1.88. The van der Waals surface area contributed by atoms with E-state index in [1.165, 1.54) is 16.1 Å². The maximum absolute atomic E-state index is 12.4. The van der Waals surface area contributed by atoms with E-state index in [1.807, 2.05) is 0 Å². The lowest BCUT2D eigenvalue weighted by Crippen LogP contribution is -2.27. The van der Waals surface area contributed by atoms with Gasteiger partial charge >= 0.3 is 0 Å². The second-order valence-electron chi connectivity index (χ2n) is 5.57. The summed E-state index contributed by atoms with van der Waals surface area (Å²) < 4.78 is 26.4. The number of nitrogens with one attached hydrogen (secondary N) is 1. The van der Waals surface area contributed by atoms with Crippen molar-refractivity contribution in [2.75, 3.05) is 25.4 Å². The van der Waals surface area contributed by atoms with Crippen LogP contribution in [0.15, 0.2) is 34.1 Å². The molecular weight excluding hydrogens is 332 g/mol. The Kier molecular flexibility index (Phi) is 6.92. The van der Waals surface area contributed by atoms with Crippen molar-refractivity contribution in [2.24, 2.45) is 0 Å². The monoisotopic (exact) mass is 356 g/mol. The van der Waals surface area contributed by atoms with Crippen LogP contribution in [-0.4, -0.2) is 44.0 Å². The maximum atomic E-state index is 12.4. The van der Waals surface area contributed by atoms with Gasteiger partial charge in [-0.3, -0.25) is 4.79 Å². The molecule has 0 aliphatic carbocycles. The molecule has 1 aromatic rings. The fraction of sp³-hybridized carbons (Fsp3) is 0.562. The van der Waals surface area contributed by atoms with Gasteiger partial charge in [-0.25, -0.2) is 8.42 Å². The highest BCUT2D eigenvalue weighted by atomic mass is 32.2. The van der Waals surface area contributed by atoms with Gasteiger partial charge in [0.2, 0.25) is 15.9 Å². The van der Waals surface area contributed by atoms with E-state index in [1.54, 1.807) is 24.3 Å². The molecular formula is C16H24N2O3S2. The van der Waals surface area contributed by atoms with Gasteiger partial charge in [0.25, 0.3) is 0 Å². The SMILES string of the molecule is CCCCNC(=O)CSc1ccc(S(=O)(=O)N2CCCC2)cc1. The fourth-order valence-electron chi connectivity index (χ4n) is 2.39. The summed E-state index contributed by atoms with van der Waals surface area (Å²) >= 11 is 1.42. The molecule has 5 nitrogen and oxygen atoms in total. The van der Waals surface area contributed by atoms with E-state index in [2.05, 4.69) is 12.2 Å². The first-order valence-electron chi connectivity index (χ1n) is 8.03. The molecule has 0 radical (unpaired) electrons. The van der Waals surface area contributed by atoms with Crippen LogP contribution >= 0.6 is 11.8 Å². The molecule has 0 unspecified atom stereocenters. The van der Waals surface area contributed by atoms with Crippen LogP contribution in [0, 0.1) is 0 Å². The molecule has 128 valence electrons. The fourth-order valence-corrected chi connectivity index (χ4v) is 4.64. The zero-order valence-corrected chi connectivity index (χ0v) is 15.1. The lowest BCUT2D eigenvalue weighted by Gasteiger charge is -2.15. The summed E-state index contributed by atoms with van der Waals surface area (Å²) in [6, 6.07) is 6.80. The maximum Gasteiger partial charge on any atom is 0.243 e. The van der Waals surface area contributed by atoms with Crippen molar-refractivity contribution in [1.82, 2.24) is 9.62 Å². The first kappa shape index (κ1) is 18.3. The standard InChI is InChI=1S/C16H24N2O3S2/c1-2-3-10-17-16(19)13-22-14-6-8-15(9-7-14)23(20,21)18-11-4-5-12-18/h6-9H,2-5,10-13H2,1H3,(H,17,19). The van der Waals surface area contributed by atoms with Gasteiger partial charge in [-0.2, -0.15) is 4.31 Å². The van der Waals surface area contributed by atoms with Crippen LogP contribution in [0.25, 0.3) is 0 Å². The van der Waals surface area contributed by atoms with Gasteiger partial charge in [0.15, 0.2) is 0 Å². The predicted molar refractivity (Wildman–Crippen MR) is 93.1 cm³/mol. The zero-order valence-electron chi connectivity index (χ0n) is 13.5. The topological polar surface area (TPSA) is 66.5 Å². The second kappa shape index (κ2) is 8.70. The van der Waals surface area contributed by atoms with Crippen molar-refractivity contribution in [3.8, 4) is 0 Å². The van der Waals surface area contributed by atoms with Gasteiger partial charge in [0.05, 0.1) is 10.6 Å². The molecule has 0 spiro atoms. The Morgan fingerprint density at radius 3 is 2.48 bits per heavy atom. The summed E-state index contributed by atoms with van der Waals surface area (Å²) in [5, 5.41) is 2.86. The molecule has 2 rings (SSSR count). The van der Waals surface area contributed by atoms with Crippen LogP contribution in [0.1, 0.15) is 32.6 Å². The number of thioether (sulfide) groups is 1. The number of hydrogen-bond acceptors (Lipinski definition) is 4. The molecule has 1 fully saturated rings. The van der Waals surface area contributed by atoms with Gasteiger partial charge < -0.3 is 5.32 Å². The predicted octanol–water partition coefficient (Wildman–Crippen LogP) is 2.48. The van der Waals surface area contributed by atoms with Crippen LogP contribution in [0.3, 0.4) is 0 Å². The molecule has 7 heteroatoms. The van der Waals surface area contributed by atoms with Gasteiger partial charge in [-0.15, -0.1) is 11.8 Å². The molecule has 1 heterocycles. The largest absolute Gasteiger partial charge is 0.355 e. The number of nitrogens with zero attached hydrogens (tertiary/aromatic N) is 1. The normalized spacial score (nSPS) is 15.7. The molecule has 1 aliphatic heterocycles. The van der Waals surface area contributed by atoms with Gasteiger partial charge in [-0.05, 0) is 43.5 Å². The number of amides is 1. The molecule has 0 saturated carbocycles. The molecule has 1 aliphatic rings. The van der Waals surface area contributed by atoms with Crippen molar-refractivity contribution >= 4 is 27.7 Å². The van der Waals surface area contributed by atoms with Gasteiger partial charge in [0, 0.05) is 24.5 Å². The quantitative estimate of drug-likeness (QED) is 0.574. The third kappa shape index (κ3) is 5.22. The third-order valence-electron chi connectivity index (χ3n) is 3.75. The van der Waals surface area contributed by atoms with Crippen LogP contribution in [-0.2, 0) is 14.8 Å². The number of unbranched alkanes of at least 4 members (excludes halogenated alkanes) is 1. The molecule has 1 N–H and O–H groups in total. The highest BCUT2D eigenvalue weighted by Crippen LogP contribution is 2.24. The highest BCUT2D eigenvalue weighted by Gasteiger charge is 2.26. The van der Waals surface area contributed by atoms with Crippen molar-refractivity contribution in [3.05, 3.63) is 24.3 Å². The minimum atomic E-state index is -3.36. The smallest absolute Gasteiger partial charge is 0.243 e. The summed E-state index contributed by atoms with van der Waals surface area (Å²) in [5.41, 5.74) is 0. The minimum Gasteiger partial charge on any atom is -0.355 e. The van der Waals surface area contributed by atoms with Crippen molar-refractivity contribution in [1.29, 1.82) is 0 Å². The van der Waals surface area contributed by atoms with E-state index >= 15 is 0 Å². The molecule has 0 aromatic heterocycles. The lowest BCUT2D eigenvalue weighted by atomic mass is 10.3. The van der Waals surface area contributed by atoms with E-state index in [-0.39, 0.29) is 5.91 Å². The second-order valence-corrected chi connectivity index (χ2v) is 8.56. The summed E-state index contributed by atoms with van der Waals surface area (Å²) in [6.07, 6.45) is 3.90. The van der Waals surface area contributed by atoms with Gasteiger partial charge in [-0.1, -0.05) is 13.3 Å². The number of carbonyl (C=O) groups is 1. The first-order chi connectivity index (χ1) is 11.0. The number of sulfonamides is 1. The third-order valence-corrected chi connectivity index (χ3v) is 6.67. The molecule has 0 bridgehead atoms. The summed E-state index contributed by atoms with van der Waals surface area (Å²) in [4.78, 5) is 12.9. The molecule has 0 atom stereocenters. The van der Waals surface area contributed by atoms with Crippen LogP contribution in [0.5, 0.6) is 0 Å². The zero-order chi connectivity index (χ0) is 16.7. The molecule has 1 aromatic carbocycles. The average Bonchev–Trinajstić information content (AvgIpc) is 3.09. The number of hydrogen-bond donors (Lipinski definition) is 1. The van der Waals surface area contributed by atoms with Crippen molar-refractivity contribution in [2.45, 2.75) is 42.4 Å². The van der Waals surface area contributed by atoms with E-state index < -0.39 is 10.0 Å². The number of rotatable bonds is 8. The number of benzene rings is 1. The Hall–Kier alpha value is -1.05. The highest BCUT2D eigenvalue weighted by molar-refractivity contribution is 8.00. The summed E-state index contributed by atoms with van der Waals surface area (Å²) in [5.74, 6) is 0.360. The van der Waals surface area contributed by atoms with Crippen LogP contribution < -0.4 is 5.32 Å². The molecule has 23 heavy (non-hydrogen) atoms. The average molecular weight is 357 g/mol. The van der Waals surface area contributed by atoms with Crippen LogP contribution in [0.4, 0.5) is 0 Å². The Bertz CT molecular complexity index is 609. The summed E-state index contributed by atoms with van der Waals surface area (Å²) in [7, 11) is -3.36. The minimum absolute atomic E-state index is 0.0113. The van der Waals surface area contributed by atoms with Gasteiger partial charge in [0.1, 0.15) is 0 Å². The molecule has 1 amide bonds. The Labute approximate surface area is 142 Å². The van der Waals surface area contributed by atoms with E-state index in [0.717, 1.165) is 30.6 Å². The first-order valence-corrected chi connectivity index (χ1v) is 10.5. The van der Waals surface area contributed by atoms with Crippen LogP contribution in [0.2, 0.25) is 0 Å². The molecule has 1 saturated heterocycles. The van der Waals surface area contributed by atoms with Crippen molar-refractivity contribution in [3.63, 3.8) is 0 Å². The van der Waals surface area contributed by atoms with Crippen molar-refractivity contribution < 1.29 is 13.2 Å². The lowest BCUT2D eigenvalue weighted by molar-refractivity contribution is -0.118. The van der Waals surface area contributed by atoms with E-state index in [0.29, 0.717) is 30.3 Å². The Morgan fingerprint density at radius 1 is 1.22 bits per heavy atom. The number of carbonyl (C=O) groups excluding carboxylic acids is 1. The van der Waals surface area contributed by atoms with E-state index in [9.17, 15) is 13.2 Å². The van der Waals surface area contributed by atoms with E-state index in [4.69, 9.17) is 0 Å². The Morgan fingerprint density at radius 2 is 1.87 bits per heavy atom.